The van der Waals surface area contributed by atoms with Crippen LogP contribution in [0.15, 0.2) is 6.20 Å². The van der Waals surface area contributed by atoms with Gasteiger partial charge >= 0.3 is 11.8 Å². The number of hydrogen-bond donors (Lipinski definition) is 1. The molecule has 8 nitrogen and oxygen atoms in total. The van der Waals surface area contributed by atoms with Crippen molar-refractivity contribution in [3.8, 4) is 0 Å². The van der Waals surface area contributed by atoms with Crippen molar-refractivity contribution < 1.29 is 19.6 Å². The summed E-state index contributed by atoms with van der Waals surface area (Å²) in [6, 6.07) is 0. The lowest BCUT2D eigenvalue weighted by atomic mass is 10.4. The lowest BCUT2D eigenvalue weighted by Crippen LogP contribution is -2.22. The summed E-state index contributed by atoms with van der Waals surface area (Å²) >= 11 is 0. The maximum absolute atomic E-state index is 10.7. The number of hydrogen-bond acceptors (Lipinski definition) is 5. The summed E-state index contributed by atoms with van der Waals surface area (Å²) in [6.45, 7) is 3.30. The van der Waals surface area contributed by atoms with E-state index in [0.717, 1.165) is 6.20 Å². The molecule has 1 rings (SSSR count). The number of rotatable bonds is 6. The highest BCUT2D eigenvalue weighted by molar-refractivity contribution is 5.71. The standard InChI is InChI=1S/C9H13N3O5/c1-6(9(13)14)17-4-3-11-7(2)10-5-8(11)12(15)16/h5-6H,3-4H2,1-2H3,(H,13,14)/t6-/m1/s1. The number of nitrogens with zero attached hydrogens (tertiary/aromatic N) is 3. The molecular formula is C9H13N3O5. The fraction of sp³-hybridized carbons (Fsp3) is 0.556. The summed E-state index contributed by atoms with van der Waals surface area (Å²) in [5.41, 5.74) is 0. The van der Waals surface area contributed by atoms with E-state index in [-0.39, 0.29) is 19.0 Å². The molecule has 1 heterocycles. The van der Waals surface area contributed by atoms with E-state index in [9.17, 15) is 14.9 Å². The summed E-state index contributed by atoms with van der Waals surface area (Å²) in [4.78, 5) is 24.4. The van der Waals surface area contributed by atoms with Gasteiger partial charge in [0, 0.05) is 6.92 Å². The van der Waals surface area contributed by atoms with Crippen LogP contribution in [0.1, 0.15) is 12.7 Å². The Kier molecular flexibility index (Phi) is 4.16. The van der Waals surface area contributed by atoms with Gasteiger partial charge in [0.25, 0.3) is 0 Å². The van der Waals surface area contributed by atoms with Crippen LogP contribution in [0.2, 0.25) is 0 Å². The second-order valence-electron chi connectivity index (χ2n) is 3.42. The third kappa shape index (κ3) is 3.25. The molecule has 0 fully saturated rings. The molecule has 0 spiro atoms. The van der Waals surface area contributed by atoms with E-state index in [4.69, 9.17) is 9.84 Å². The number of ether oxygens (including phenoxy) is 1. The fourth-order valence-electron chi connectivity index (χ4n) is 1.27. The van der Waals surface area contributed by atoms with Gasteiger partial charge in [0.1, 0.15) is 12.7 Å². The van der Waals surface area contributed by atoms with E-state index in [1.807, 2.05) is 0 Å². The van der Waals surface area contributed by atoms with Crippen LogP contribution in [0.4, 0.5) is 5.82 Å². The van der Waals surface area contributed by atoms with Crippen molar-refractivity contribution >= 4 is 11.8 Å². The minimum absolute atomic E-state index is 0.0749. The van der Waals surface area contributed by atoms with Crippen LogP contribution in [0.3, 0.4) is 0 Å². The van der Waals surface area contributed by atoms with Gasteiger partial charge in [-0.2, -0.15) is 0 Å². The molecule has 0 bridgehead atoms. The maximum Gasteiger partial charge on any atom is 0.342 e. The number of aromatic nitrogens is 2. The van der Waals surface area contributed by atoms with E-state index in [1.165, 1.54) is 11.5 Å². The zero-order valence-corrected chi connectivity index (χ0v) is 9.49. The van der Waals surface area contributed by atoms with Gasteiger partial charge < -0.3 is 20.0 Å². The largest absolute Gasteiger partial charge is 0.479 e. The summed E-state index contributed by atoms with van der Waals surface area (Å²) in [5, 5.41) is 19.2. The molecule has 1 aromatic heterocycles. The van der Waals surface area contributed by atoms with Crippen LogP contribution in [-0.4, -0.2) is 38.3 Å². The van der Waals surface area contributed by atoms with Gasteiger partial charge in [0.05, 0.1) is 6.61 Å². The van der Waals surface area contributed by atoms with Gasteiger partial charge in [-0.05, 0) is 11.8 Å². The Hall–Kier alpha value is -1.96. The smallest absolute Gasteiger partial charge is 0.342 e. The van der Waals surface area contributed by atoms with Crippen LogP contribution in [0.25, 0.3) is 0 Å². The SMILES string of the molecule is Cc1ncc([N+](=O)[O-])n1CCO[C@H](C)C(=O)O. The number of aliphatic carboxylic acids is 1. The van der Waals surface area contributed by atoms with Crippen LogP contribution in [0.5, 0.6) is 0 Å². The first-order valence-electron chi connectivity index (χ1n) is 4.94. The number of imidazole rings is 1. The molecule has 1 atom stereocenters. The Morgan fingerprint density at radius 2 is 2.41 bits per heavy atom. The predicted molar refractivity (Wildman–Crippen MR) is 56.7 cm³/mol. The molecule has 0 unspecified atom stereocenters. The van der Waals surface area contributed by atoms with Crippen molar-refractivity contribution in [1.29, 1.82) is 0 Å². The third-order valence-corrected chi connectivity index (χ3v) is 2.25. The summed E-state index contributed by atoms with van der Waals surface area (Å²) in [6.07, 6.45) is 0.230. The van der Waals surface area contributed by atoms with Crippen molar-refractivity contribution in [2.45, 2.75) is 26.5 Å². The van der Waals surface area contributed by atoms with Crippen molar-refractivity contribution in [2.24, 2.45) is 0 Å². The van der Waals surface area contributed by atoms with Crippen LogP contribution >= 0.6 is 0 Å². The Balaban J connectivity index is 2.60. The molecule has 0 aromatic carbocycles. The fourth-order valence-corrected chi connectivity index (χ4v) is 1.27. The first kappa shape index (κ1) is 13.1. The van der Waals surface area contributed by atoms with Gasteiger partial charge in [-0.1, -0.05) is 0 Å². The molecule has 8 heteroatoms. The summed E-state index contributed by atoms with van der Waals surface area (Å²) in [7, 11) is 0. The molecule has 0 aliphatic carbocycles. The molecule has 0 saturated carbocycles. The average Bonchev–Trinajstić information content (AvgIpc) is 2.60. The second-order valence-corrected chi connectivity index (χ2v) is 3.42. The highest BCUT2D eigenvalue weighted by Gasteiger charge is 2.18. The zero-order chi connectivity index (χ0) is 13.0. The summed E-state index contributed by atoms with van der Waals surface area (Å²) in [5.74, 6) is -0.709. The Labute approximate surface area is 97.0 Å². The minimum Gasteiger partial charge on any atom is -0.479 e. The van der Waals surface area contributed by atoms with Crippen molar-refractivity contribution in [2.75, 3.05) is 6.61 Å². The van der Waals surface area contributed by atoms with Crippen LogP contribution in [-0.2, 0) is 16.1 Å². The molecule has 1 aromatic rings. The quantitative estimate of drug-likeness (QED) is 0.578. The lowest BCUT2D eigenvalue weighted by Gasteiger charge is -2.07. The Morgan fingerprint density at radius 3 is 2.94 bits per heavy atom. The van der Waals surface area contributed by atoms with Crippen molar-refractivity contribution in [3.63, 3.8) is 0 Å². The number of aryl methyl sites for hydroxylation is 1. The van der Waals surface area contributed by atoms with Gasteiger partial charge in [0.15, 0.2) is 11.9 Å². The topological polar surface area (TPSA) is 107 Å². The lowest BCUT2D eigenvalue weighted by molar-refractivity contribution is -0.392. The van der Waals surface area contributed by atoms with Gasteiger partial charge in [-0.25, -0.2) is 14.3 Å². The predicted octanol–water partition coefficient (Wildman–Crippen LogP) is 0.589. The van der Waals surface area contributed by atoms with E-state index in [1.54, 1.807) is 6.92 Å². The molecule has 17 heavy (non-hydrogen) atoms. The molecule has 1 N–H and O–H groups in total. The molecule has 94 valence electrons. The molecule has 0 aliphatic rings. The molecule has 0 saturated heterocycles. The minimum atomic E-state index is -1.07. The first-order valence-corrected chi connectivity index (χ1v) is 4.94. The number of carboxylic acids is 1. The highest BCUT2D eigenvalue weighted by Crippen LogP contribution is 2.13. The summed E-state index contributed by atoms with van der Waals surface area (Å²) < 4.78 is 6.37. The van der Waals surface area contributed by atoms with Crippen LogP contribution < -0.4 is 0 Å². The zero-order valence-electron chi connectivity index (χ0n) is 9.49. The Morgan fingerprint density at radius 1 is 1.76 bits per heavy atom. The molecule has 0 amide bonds. The van der Waals surface area contributed by atoms with E-state index in [0.29, 0.717) is 5.82 Å². The first-order chi connectivity index (χ1) is 7.93. The molecule has 0 radical (unpaired) electrons. The van der Waals surface area contributed by atoms with Crippen LogP contribution in [0, 0.1) is 17.0 Å². The van der Waals surface area contributed by atoms with Gasteiger partial charge in [0.2, 0.25) is 0 Å². The highest BCUT2D eigenvalue weighted by atomic mass is 16.6. The average molecular weight is 243 g/mol. The van der Waals surface area contributed by atoms with Gasteiger partial charge in [-0.3, -0.25) is 0 Å². The van der Waals surface area contributed by atoms with E-state index < -0.39 is 17.0 Å². The number of carbonyl (C=O) groups is 1. The van der Waals surface area contributed by atoms with Crippen molar-refractivity contribution in [1.82, 2.24) is 9.55 Å². The van der Waals surface area contributed by atoms with Crippen molar-refractivity contribution in [3.05, 3.63) is 22.1 Å². The van der Waals surface area contributed by atoms with Gasteiger partial charge in [-0.15, -0.1) is 0 Å². The Bertz CT molecular complexity index is 428. The number of nitro groups is 1. The molecular weight excluding hydrogens is 230 g/mol. The molecule has 0 aliphatic heterocycles. The van der Waals surface area contributed by atoms with E-state index >= 15 is 0 Å². The number of carboxylic acid groups (broad SMARTS) is 1. The monoisotopic (exact) mass is 243 g/mol. The van der Waals surface area contributed by atoms with E-state index in [2.05, 4.69) is 4.98 Å². The second kappa shape index (κ2) is 5.39. The normalized spacial score (nSPS) is 12.4. The maximum atomic E-state index is 10.7. The third-order valence-electron chi connectivity index (χ3n) is 2.25.